The molecule has 0 aromatic rings. The Morgan fingerprint density at radius 1 is 0.266 bits per heavy atom. The maximum absolute atomic E-state index is 12.9. The minimum Gasteiger partial charge on any atom is -0.462 e. The van der Waals surface area contributed by atoms with E-state index in [1.165, 1.54) is 205 Å². The Labute approximate surface area is 490 Å². The smallest absolute Gasteiger partial charge is 0.306 e. The molecular formula is C73H128O6. The highest BCUT2D eigenvalue weighted by Crippen LogP contribution is 2.17. The molecule has 0 rings (SSSR count). The van der Waals surface area contributed by atoms with Gasteiger partial charge in [-0.15, -0.1) is 0 Å². The molecular weight excluding hydrogens is 973 g/mol. The van der Waals surface area contributed by atoms with Crippen LogP contribution in [0.2, 0.25) is 0 Å². The molecule has 0 amide bonds. The summed E-state index contributed by atoms with van der Waals surface area (Å²) in [7, 11) is 0. The third kappa shape index (κ3) is 65.3. The average molecular weight is 1100 g/mol. The lowest BCUT2D eigenvalue weighted by atomic mass is 10.0. The normalized spacial score (nSPS) is 12.6. The molecule has 79 heavy (non-hydrogen) atoms. The molecule has 0 saturated carbocycles. The maximum Gasteiger partial charge on any atom is 0.306 e. The van der Waals surface area contributed by atoms with Crippen molar-refractivity contribution in [3.05, 3.63) is 85.1 Å². The first-order valence-electron chi connectivity index (χ1n) is 34.1. The van der Waals surface area contributed by atoms with Crippen LogP contribution in [-0.2, 0) is 28.6 Å². The summed E-state index contributed by atoms with van der Waals surface area (Å²) in [5.74, 6) is -0.866. The molecule has 6 nitrogen and oxygen atoms in total. The number of carbonyl (C=O) groups is 3. The molecule has 0 fully saturated rings. The van der Waals surface area contributed by atoms with Gasteiger partial charge in [0.2, 0.25) is 0 Å². The number of allylic oxidation sites excluding steroid dienone is 14. The molecule has 0 aliphatic heterocycles. The van der Waals surface area contributed by atoms with Crippen LogP contribution in [0.5, 0.6) is 0 Å². The highest BCUT2D eigenvalue weighted by atomic mass is 16.6. The first-order valence-corrected chi connectivity index (χ1v) is 34.1. The van der Waals surface area contributed by atoms with Crippen molar-refractivity contribution in [2.24, 2.45) is 0 Å². The molecule has 0 aromatic carbocycles. The summed E-state index contributed by atoms with van der Waals surface area (Å²) < 4.78 is 16.9. The quantitative estimate of drug-likeness (QED) is 0.0261. The Hall–Kier alpha value is -3.41. The number of hydrogen-bond donors (Lipinski definition) is 0. The molecule has 0 spiro atoms. The fourth-order valence-electron chi connectivity index (χ4n) is 9.80. The van der Waals surface area contributed by atoms with Gasteiger partial charge in [0.15, 0.2) is 6.10 Å². The van der Waals surface area contributed by atoms with Crippen LogP contribution in [0.25, 0.3) is 0 Å². The van der Waals surface area contributed by atoms with Crippen molar-refractivity contribution in [2.45, 2.75) is 348 Å². The SMILES string of the molecule is CC/C=C\C/C=C\C/C=C\C/C=C\C/C=C\C/C=C\CCCCCCCCCCCCC(=O)OCC(COC(=O)CCCCCCCCCCCCC)OC(=O)CCCCCCCCCCC/C=C\CCCCCCCCCC. The van der Waals surface area contributed by atoms with Gasteiger partial charge in [-0.05, 0) is 96.3 Å². The van der Waals surface area contributed by atoms with Crippen LogP contribution < -0.4 is 0 Å². The Morgan fingerprint density at radius 2 is 0.494 bits per heavy atom. The lowest BCUT2D eigenvalue weighted by molar-refractivity contribution is -0.167. The molecule has 0 aliphatic rings. The van der Waals surface area contributed by atoms with Gasteiger partial charge in [-0.25, -0.2) is 0 Å². The van der Waals surface area contributed by atoms with Gasteiger partial charge in [-0.2, -0.15) is 0 Å². The summed E-state index contributed by atoms with van der Waals surface area (Å²) in [6.07, 6.45) is 88.9. The van der Waals surface area contributed by atoms with Crippen molar-refractivity contribution in [1.82, 2.24) is 0 Å². The highest BCUT2D eigenvalue weighted by Gasteiger charge is 2.19. The van der Waals surface area contributed by atoms with Crippen LogP contribution in [0.4, 0.5) is 0 Å². The van der Waals surface area contributed by atoms with Gasteiger partial charge < -0.3 is 14.2 Å². The standard InChI is InChI=1S/C73H128O6/c1-4-7-10-13-16-19-22-24-26-28-30-32-33-34-35-36-37-38-39-41-42-44-46-48-51-54-57-60-63-66-72(75)78-69-70(68-77-71(74)65-62-59-56-53-50-21-18-15-12-9-6-3)79-73(76)67-64-61-58-55-52-49-47-45-43-40-31-29-27-25-23-20-17-14-11-8-5-2/h7,10,16,19,24,26,29-32,34-35,37-38,70H,4-6,8-9,11-15,17-18,20-23,25,27-28,33,36,39-69H2,1-3H3/b10-7-,19-16-,26-24-,31-29-,32-30-,35-34-,38-37-. The van der Waals surface area contributed by atoms with Gasteiger partial charge in [0.05, 0.1) is 0 Å². The Kier molecular flexibility index (Phi) is 64.2. The first-order chi connectivity index (χ1) is 39.0. The van der Waals surface area contributed by atoms with Crippen LogP contribution >= 0.6 is 0 Å². The molecule has 0 aliphatic carbocycles. The zero-order chi connectivity index (χ0) is 57.1. The molecule has 6 heteroatoms. The van der Waals surface area contributed by atoms with Crippen LogP contribution in [0.15, 0.2) is 85.1 Å². The number of esters is 3. The van der Waals surface area contributed by atoms with Crippen LogP contribution in [-0.4, -0.2) is 37.2 Å². The molecule has 0 saturated heterocycles. The molecule has 0 radical (unpaired) electrons. The van der Waals surface area contributed by atoms with Crippen molar-refractivity contribution >= 4 is 17.9 Å². The molecule has 0 N–H and O–H groups in total. The van der Waals surface area contributed by atoms with E-state index in [0.29, 0.717) is 19.3 Å². The van der Waals surface area contributed by atoms with E-state index in [1.54, 1.807) is 0 Å². The second kappa shape index (κ2) is 67.1. The Bertz CT molecular complexity index is 1500. The fourth-order valence-corrected chi connectivity index (χ4v) is 9.80. The predicted octanol–water partition coefficient (Wildman–Crippen LogP) is 23.4. The molecule has 0 heterocycles. The largest absolute Gasteiger partial charge is 0.462 e. The summed E-state index contributed by atoms with van der Waals surface area (Å²) in [5, 5.41) is 0. The molecule has 1 atom stereocenters. The van der Waals surface area contributed by atoms with E-state index >= 15 is 0 Å². The van der Waals surface area contributed by atoms with Gasteiger partial charge in [0, 0.05) is 19.3 Å². The van der Waals surface area contributed by atoms with E-state index < -0.39 is 6.10 Å². The third-order valence-electron chi connectivity index (χ3n) is 14.9. The van der Waals surface area contributed by atoms with E-state index in [-0.39, 0.29) is 31.1 Å². The zero-order valence-electron chi connectivity index (χ0n) is 52.4. The van der Waals surface area contributed by atoms with E-state index in [4.69, 9.17) is 14.2 Å². The highest BCUT2D eigenvalue weighted by molar-refractivity contribution is 5.71. The lowest BCUT2D eigenvalue weighted by Crippen LogP contribution is -2.30. The zero-order valence-corrected chi connectivity index (χ0v) is 52.4. The van der Waals surface area contributed by atoms with Gasteiger partial charge in [-0.3, -0.25) is 14.4 Å². The van der Waals surface area contributed by atoms with E-state index in [2.05, 4.69) is 106 Å². The monoisotopic (exact) mass is 1100 g/mol. The Morgan fingerprint density at radius 3 is 0.785 bits per heavy atom. The second-order valence-electron chi connectivity index (χ2n) is 22.7. The van der Waals surface area contributed by atoms with Crippen molar-refractivity contribution in [3.8, 4) is 0 Å². The number of hydrogen-bond acceptors (Lipinski definition) is 6. The van der Waals surface area contributed by atoms with Gasteiger partial charge >= 0.3 is 17.9 Å². The van der Waals surface area contributed by atoms with Crippen molar-refractivity contribution in [3.63, 3.8) is 0 Å². The van der Waals surface area contributed by atoms with Crippen LogP contribution in [0.3, 0.4) is 0 Å². The Balaban J connectivity index is 4.24. The third-order valence-corrected chi connectivity index (χ3v) is 14.9. The molecule has 0 aromatic heterocycles. The van der Waals surface area contributed by atoms with Crippen LogP contribution in [0.1, 0.15) is 342 Å². The number of unbranched alkanes of at least 4 members (excludes halogenated alkanes) is 37. The van der Waals surface area contributed by atoms with Gasteiger partial charge in [-0.1, -0.05) is 311 Å². The summed E-state index contributed by atoms with van der Waals surface area (Å²) >= 11 is 0. The predicted molar refractivity (Wildman–Crippen MR) is 344 cm³/mol. The first kappa shape index (κ1) is 75.6. The topological polar surface area (TPSA) is 78.9 Å². The average Bonchev–Trinajstić information content (AvgIpc) is 3.45. The van der Waals surface area contributed by atoms with Crippen molar-refractivity contribution in [1.29, 1.82) is 0 Å². The molecule has 0 bridgehead atoms. The van der Waals surface area contributed by atoms with E-state index in [1.807, 2.05) is 0 Å². The second-order valence-corrected chi connectivity index (χ2v) is 22.7. The lowest BCUT2D eigenvalue weighted by Gasteiger charge is -2.18. The van der Waals surface area contributed by atoms with E-state index in [0.717, 1.165) is 96.3 Å². The minimum absolute atomic E-state index is 0.0744. The number of carbonyl (C=O) groups excluding carboxylic acids is 3. The minimum atomic E-state index is -0.778. The van der Waals surface area contributed by atoms with Crippen LogP contribution in [0, 0.1) is 0 Å². The molecule has 1 unspecified atom stereocenters. The summed E-state index contributed by atoms with van der Waals surface area (Å²) in [5.41, 5.74) is 0. The number of ether oxygens (including phenoxy) is 3. The molecule has 456 valence electrons. The van der Waals surface area contributed by atoms with E-state index in [9.17, 15) is 14.4 Å². The summed E-state index contributed by atoms with van der Waals surface area (Å²) in [4.78, 5) is 38.3. The van der Waals surface area contributed by atoms with Crippen molar-refractivity contribution < 1.29 is 28.6 Å². The van der Waals surface area contributed by atoms with Gasteiger partial charge in [0.25, 0.3) is 0 Å². The summed E-state index contributed by atoms with van der Waals surface area (Å²) in [6.45, 7) is 6.55. The summed E-state index contributed by atoms with van der Waals surface area (Å²) in [6, 6.07) is 0. The van der Waals surface area contributed by atoms with Crippen molar-refractivity contribution in [2.75, 3.05) is 13.2 Å². The maximum atomic E-state index is 12.9. The van der Waals surface area contributed by atoms with Gasteiger partial charge in [0.1, 0.15) is 13.2 Å². The number of rotatable bonds is 62. The fraction of sp³-hybridized carbons (Fsp3) is 0.767.